The van der Waals surface area contributed by atoms with Crippen molar-refractivity contribution in [3.05, 3.63) is 28.2 Å². The third kappa shape index (κ3) is 3.39. The van der Waals surface area contributed by atoms with Gasteiger partial charge in [-0.05, 0) is 43.9 Å². The molecule has 0 atom stereocenters. The van der Waals surface area contributed by atoms with Crippen molar-refractivity contribution in [2.24, 2.45) is 0 Å². The molecule has 5 heteroatoms. The zero-order valence-electron chi connectivity index (χ0n) is 9.83. The van der Waals surface area contributed by atoms with Crippen LogP contribution >= 0.6 is 27.5 Å². The van der Waals surface area contributed by atoms with Gasteiger partial charge in [-0.15, -0.1) is 11.6 Å². The van der Waals surface area contributed by atoms with Crippen LogP contribution in [0.15, 0.2) is 22.7 Å². The molecule has 0 bridgehead atoms. The van der Waals surface area contributed by atoms with Gasteiger partial charge in [-0.25, -0.2) is 0 Å². The van der Waals surface area contributed by atoms with Crippen LogP contribution in [0.1, 0.15) is 36.0 Å². The van der Waals surface area contributed by atoms with Gasteiger partial charge in [-0.3, -0.25) is 4.79 Å². The van der Waals surface area contributed by atoms with Gasteiger partial charge in [0.25, 0.3) is 5.91 Å². The van der Waals surface area contributed by atoms with E-state index in [-0.39, 0.29) is 23.1 Å². The van der Waals surface area contributed by atoms with Crippen molar-refractivity contribution >= 4 is 33.4 Å². The third-order valence-electron chi connectivity index (χ3n) is 3.20. The number of phenols is 1. The molecule has 1 aliphatic carbocycles. The van der Waals surface area contributed by atoms with Crippen LogP contribution in [0.4, 0.5) is 0 Å². The van der Waals surface area contributed by atoms with Crippen molar-refractivity contribution in [2.45, 2.75) is 37.1 Å². The zero-order valence-corrected chi connectivity index (χ0v) is 12.2. The van der Waals surface area contributed by atoms with E-state index >= 15 is 0 Å². The molecule has 1 saturated carbocycles. The van der Waals surface area contributed by atoms with Crippen molar-refractivity contribution in [3.63, 3.8) is 0 Å². The molecule has 3 nitrogen and oxygen atoms in total. The molecule has 0 aliphatic heterocycles. The van der Waals surface area contributed by atoms with Crippen LogP contribution in [0.2, 0.25) is 0 Å². The molecule has 2 N–H and O–H groups in total. The summed E-state index contributed by atoms with van der Waals surface area (Å²) in [5.74, 6) is -0.231. The Hall–Kier alpha value is -0.740. The lowest BCUT2D eigenvalue weighted by Crippen LogP contribution is -2.37. The normalized spacial score (nSPS) is 23.7. The maximum atomic E-state index is 12.0. The van der Waals surface area contributed by atoms with Crippen molar-refractivity contribution in [1.29, 1.82) is 0 Å². The van der Waals surface area contributed by atoms with E-state index in [0.29, 0.717) is 5.56 Å². The predicted octanol–water partition coefficient (Wildman–Crippen LogP) is 3.43. The summed E-state index contributed by atoms with van der Waals surface area (Å²) in [5, 5.41) is 12.9. The summed E-state index contributed by atoms with van der Waals surface area (Å²) in [7, 11) is 0. The van der Waals surface area contributed by atoms with Gasteiger partial charge >= 0.3 is 0 Å². The Balaban J connectivity index is 1.99. The second-order valence-electron chi connectivity index (χ2n) is 4.58. The van der Waals surface area contributed by atoms with Crippen LogP contribution in [0, 0.1) is 0 Å². The summed E-state index contributed by atoms with van der Waals surface area (Å²) >= 11 is 9.26. The fourth-order valence-corrected chi connectivity index (χ4v) is 2.76. The van der Waals surface area contributed by atoms with Gasteiger partial charge < -0.3 is 10.4 Å². The first-order valence-electron chi connectivity index (χ1n) is 5.99. The minimum absolute atomic E-state index is 0.00657. The van der Waals surface area contributed by atoms with Crippen LogP contribution in [0.5, 0.6) is 5.75 Å². The Morgan fingerprint density at radius 1 is 1.33 bits per heavy atom. The Bertz CT molecular complexity index is 445. The van der Waals surface area contributed by atoms with Crippen molar-refractivity contribution in [1.82, 2.24) is 5.32 Å². The molecule has 2 rings (SSSR count). The van der Waals surface area contributed by atoms with Gasteiger partial charge in [0.2, 0.25) is 0 Å². The molecule has 0 unspecified atom stereocenters. The van der Waals surface area contributed by atoms with E-state index < -0.39 is 0 Å². The van der Waals surface area contributed by atoms with Crippen LogP contribution in [-0.4, -0.2) is 22.4 Å². The molecule has 0 heterocycles. The number of phenolic OH excluding ortho intramolecular Hbond substituents is 1. The standard InChI is InChI=1S/C13H15BrClNO2/c14-8-1-6-11(12(17)7-8)13(18)16-10-4-2-9(15)3-5-10/h1,6-7,9-10,17H,2-5H2,(H,16,18). The number of rotatable bonds is 2. The summed E-state index contributed by atoms with van der Waals surface area (Å²) in [5.41, 5.74) is 0.311. The van der Waals surface area contributed by atoms with Crippen LogP contribution < -0.4 is 5.32 Å². The Labute approximate surface area is 120 Å². The molecule has 1 fully saturated rings. The summed E-state index contributed by atoms with van der Waals surface area (Å²) in [6.45, 7) is 0. The first kappa shape index (κ1) is 13.7. The number of carbonyl (C=O) groups is 1. The van der Waals surface area contributed by atoms with E-state index in [1.807, 2.05) is 0 Å². The van der Waals surface area contributed by atoms with Gasteiger partial charge in [0, 0.05) is 15.9 Å². The van der Waals surface area contributed by atoms with Crippen molar-refractivity contribution in [2.75, 3.05) is 0 Å². The number of hydrogen-bond donors (Lipinski definition) is 2. The zero-order chi connectivity index (χ0) is 13.1. The lowest BCUT2D eigenvalue weighted by Gasteiger charge is -2.25. The van der Waals surface area contributed by atoms with Crippen LogP contribution in [0.3, 0.4) is 0 Å². The number of carbonyl (C=O) groups excluding carboxylic acids is 1. The van der Waals surface area contributed by atoms with Crippen molar-refractivity contribution in [3.8, 4) is 5.75 Å². The topological polar surface area (TPSA) is 49.3 Å². The Morgan fingerprint density at radius 2 is 2.00 bits per heavy atom. The number of hydrogen-bond acceptors (Lipinski definition) is 2. The molecule has 98 valence electrons. The molecule has 0 saturated heterocycles. The smallest absolute Gasteiger partial charge is 0.255 e. The van der Waals surface area contributed by atoms with E-state index in [2.05, 4.69) is 21.2 Å². The fourth-order valence-electron chi connectivity index (χ4n) is 2.16. The van der Waals surface area contributed by atoms with Crippen LogP contribution in [-0.2, 0) is 0 Å². The summed E-state index contributed by atoms with van der Waals surface area (Å²) in [6, 6.07) is 5.03. The van der Waals surface area contributed by atoms with E-state index in [4.69, 9.17) is 11.6 Å². The second-order valence-corrected chi connectivity index (χ2v) is 6.12. The molecule has 18 heavy (non-hydrogen) atoms. The fraction of sp³-hybridized carbons (Fsp3) is 0.462. The average molecular weight is 333 g/mol. The molecular weight excluding hydrogens is 318 g/mol. The van der Waals surface area contributed by atoms with E-state index in [0.717, 1.165) is 30.2 Å². The minimum atomic E-state index is -0.224. The quantitative estimate of drug-likeness (QED) is 0.815. The molecule has 1 aromatic carbocycles. The van der Waals surface area contributed by atoms with E-state index in [1.165, 1.54) is 6.07 Å². The molecule has 0 aromatic heterocycles. The summed E-state index contributed by atoms with van der Waals surface area (Å²) < 4.78 is 0.749. The van der Waals surface area contributed by atoms with Gasteiger partial charge in [-0.1, -0.05) is 15.9 Å². The lowest BCUT2D eigenvalue weighted by molar-refractivity contribution is 0.0925. The Kier molecular flexibility index (Phi) is 4.51. The molecule has 1 amide bonds. The number of alkyl halides is 1. The monoisotopic (exact) mass is 331 g/mol. The molecule has 0 radical (unpaired) electrons. The lowest BCUT2D eigenvalue weighted by atomic mass is 9.95. The molecule has 0 spiro atoms. The number of nitrogens with one attached hydrogen (secondary N) is 1. The SMILES string of the molecule is O=C(NC1CCC(Cl)CC1)c1ccc(Br)cc1O. The maximum absolute atomic E-state index is 12.0. The average Bonchev–Trinajstić information content (AvgIpc) is 2.32. The summed E-state index contributed by atoms with van der Waals surface area (Å²) in [6.07, 6.45) is 3.66. The third-order valence-corrected chi connectivity index (χ3v) is 4.13. The Morgan fingerprint density at radius 3 is 2.61 bits per heavy atom. The highest BCUT2D eigenvalue weighted by Gasteiger charge is 2.22. The first-order chi connectivity index (χ1) is 8.56. The second kappa shape index (κ2) is 5.93. The van der Waals surface area contributed by atoms with Gasteiger partial charge in [0.1, 0.15) is 5.75 Å². The van der Waals surface area contributed by atoms with E-state index in [1.54, 1.807) is 12.1 Å². The predicted molar refractivity (Wildman–Crippen MR) is 75.2 cm³/mol. The van der Waals surface area contributed by atoms with Crippen LogP contribution in [0.25, 0.3) is 0 Å². The van der Waals surface area contributed by atoms with Gasteiger partial charge in [-0.2, -0.15) is 0 Å². The van der Waals surface area contributed by atoms with Gasteiger partial charge in [0.15, 0.2) is 0 Å². The highest BCUT2D eigenvalue weighted by atomic mass is 79.9. The van der Waals surface area contributed by atoms with E-state index in [9.17, 15) is 9.90 Å². The number of amides is 1. The summed E-state index contributed by atoms with van der Waals surface area (Å²) in [4.78, 5) is 12.0. The van der Waals surface area contributed by atoms with Crippen molar-refractivity contribution < 1.29 is 9.90 Å². The highest BCUT2D eigenvalue weighted by molar-refractivity contribution is 9.10. The maximum Gasteiger partial charge on any atom is 0.255 e. The number of halogens is 2. The molecular formula is C13H15BrClNO2. The minimum Gasteiger partial charge on any atom is -0.507 e. The molecule has 1 aromatic rings. The van der Waals surface area contributed by atoms with Gasteiger partial charge in [0.05, 0.1) is 5.56 Å². The highest BCUT2D eigenvalue weighted by Crippen LogP contribution is 2.25. The number of aromatic hydroxyl groups is 1. The largest absolute Gasteiger partial charge is 0.507 e. The first-order valence-corrected chi connectivity index (χ1v) is 7.22. The molecule has 1 aliphatic rings. The number of benzene rings is 1.